The molecular formula is C20H21Cl3N2. The van der Waals surface area contributed by atoms with Gasteiger partial charge in [0.05, 0.1) is 10.0 Å². The fourth-order valence-corrected chi connectivity index (χ4v) is 4.84. The van der Waals surface area contributed by atoms with E-state index in [9.17, 15) is 0 Å². The third kappa shape index (κ3) is 3.20. The molecule has 2 heterocycles. The van der Waals surface area contributed by atoms with Gasteiger partial charge in [0, 0.05) is 37.1 Å². The van der Waals surface area contributed by atoms with Crippen molar-refractivity contribution in [2.75, 3.05) is 27.2 Å². The highest BCUT2D eigenvalue weighted by atomic mass is 35.5. The van der Waals surface area contributed by atoms with Crippen LogP contribution in [0, 0.1) is 0 Å². The monoisotopic (exact) mass is 394 g/mol. The average Bonchev–Trinajstić information content (AvgIpc) is 2.58. The number of nitrogens with zero attached hydrogens (tertiary/aromatic N) is 2. The highest BCUT2D eigenvalue weighted by molar-refractivity contribution is 6.42. The topological polar surface area (TPSA) is 6.48 Å². The summed E-state index contributed by atoms with van der Waals surface area (Å²) in [6.07, 6.45) is 1.06. The number of rotatable bonds is 1. The molecule has 0 amide bonds. The highest BCUT2D eigenvalue weighted by Gasteiger charge is 2.29. The first-order valence-electron chi connectivity index (χ1n) is 8.59. The Balaban J connectivity index is 1.83. The van der Waals surface area contributed by atoms with E-state index in [2.05, 4.69) is 42.1 Å². The Hall–Kier alpha value is -0.770. The molecule has 4 rings (SSSR count). The largest absolute Gasteiger partial charge is 0.302 e. The van der Waals surface area contributed by atoms with E-state index in [1.54, 1.807) is 0 Å². The summed E-state index contributed by atoms with van der Waals surface area (Å²) in [5.74, 6) is 0.216. The lowest BCUT2D eigenvalue weighted by molar-refractivity contribution is 0.294. The summed E-state index contributed by atoms with van der Waals surface area (Å²) in [6, 6.07) is 8.50. The van der Waals surface area contributed by atoms with Gasteiger partial charge in [-0.15, -0.1) is 0 Å². The molecule has 2 nitrogen and oxygen atoms in total. The van der Waals surface area contributed by atoms with Crippen molar-refractivity contribution >= 4 is 34.8 Å². The molecule has 1 unspecified atom stereocenters. The van der Waals surface area contributed by atoms with Crippen molar-refractivity contribution in [3.05, 3.63) is 67.2 Å². The Morgan fingerprint density at radius 1 is 0.880 bits per heavy atom. The number of hydrogen-bond donors (Lipinski definition) is 0. The number of hydrogen-bond acceptors (Lipinski definition) is 2. The second kappa shape index (κ2) is 6.75. The number of halogens is 3. The van der Waals surface area contributed by atoms with Crippen LogP contribution in [0.5, 0.6) is 0 Å². The zero-order valence-corrected chi connectivity index (χ0v) is 16.7. The minimum absolute atomic E-state index is 0.216. The third-order valence-electron chi connectivity index (χ3n) is 5.43. The molecule has 132 valence electrons. The molecule has 0 N–H and O–H groups in total. The average molecular weight is 396 g/mol. The van der Waals surface area contributed by atoms with E-state index in [0.717, 1.165) is 43.2 Å². The van der Waals surface area contributed by atoms with Gasteiger partial charge >= 0.3 is 0 Å². The number of benzene rings is 2. The summed E-state index contributed by atoms with van der Waals surface area (Å²) >= 11 is 19.5. The first-order chi connectivity index (χ1) is 11.9. The number of likely N-dealkylation sites (N-methyl/N-ethyl adjacent to an activating group) is 2. The molecule has 0 saturated carbocycles. The van der Waals surface area contributed by atoms with Crippen molar-refractivity contribution in [1.82, 2.24) is 9.80 Å². The summed E-state index contributed by atoms with van der Waals surface area (Å²) in [7, 11) is 4.29. The molecule has 0 saturated heterocycles. The smallest absolute Gasteiger partial charge is 0.0640 e. The SMILES string of the molecule is CN1CCc2cc(Cl)c(C3CN(C)Cc4c3ccc(Cl)c4Cl)cc2C1. The van der Waals surface area contributed by atoms with E-state index in [1.807, 2.05) is 6.07 Å². The molecule has 1 atom stereocenters. The Labute approximate surface area is 164 Å². The summed E-state index contributed by atoms with van der Waals surface area (Å²) in [5.41, 5.74) is 6.34. The number of fused-ring (bicyclic) bond motifs is 2. The van der Waals surface area contributed by atoms with Gasteiger partial charge in [0.2, 0.25) is 0 Å². The van der Waals surface area contributed by atoms with Crippen LogP contribution in [-0.2, 0) is 19.5 Å². The standard InChI is InChI=1S/C20H21Cl3N2/c1-24-6-5-12-8-19(22)15(7-13(12)9-24)16-10-25(2)11-17-14(16)3-4-18(21)20(17)23/h3-4,7-8,16H,5-6,9-11H2,1-2H3. The van der Waals surface area contributed by atoms with Gasteiger partial charge in [0.25, 0.3) is 0 Å². The first-order valence-corrected chi connectivity index (χ1v) is 9.72. The fourth-order valence-electron chi connectivity index (χ4n) is 4.11. The van der Waals surface area contributed by atoms with Crippen LogP contribution < -0.4 is 0 Å². The van der Waals surface area contributed by atoms with Crippen LogP contribution in [0.1, 0.15) is 33.7 Å². The lowest BCUT2D eigenvalue weighted by Crippen LogP contribution is -2.32. The maximum atomic E-state index is 6.73. The molecule has 25 heavy (non-hydrogen) atoms. The lowest BCUT2D eigenvalue weighted by atomic mass is 9.83. The third-order valence-corrected chi connectivity index (χ3v) is 6.60. The normalized spacial score (nSPS) is 21.1. The maximum Gasteiger partial charge on any atom is 0.0640 e. The van der Waals surface area contributed by atoms with Crippen LogP contribution in [-0.4, -0.2) is 37.0 Å². The van der Waals surface area contributed by atoms with Crippen molar-refractivity contribution in [3.63, 3.8) is 0 Å². The zero-order valence-electron chi connectivity index (χ0n) is 14.5. The van der Waals surface area contributed by atoms with E-state index in [4.69, 9.17) is 34.8 Å². The van der Waals surface area contributed by atoms with Crippen LogP contribution in [0.2, 0.25) is 15.1 Å². The Morgan fingerprint density at radius 3 is 2.48 bits per heavy atom. The van der Waals surface area contributed by atoms with Crippen LogP contribution in [0.3, 0.4) is 0 Å². The van der Waals surface area contributed by atoms with Gasteiger partial charge in [-0.3, -0.25) is 0 Å². The molecule has 0 fully saturated rings. The van der Waals surface area contributed by atoms with Crippen LogP contribution >= 0.6 is 34.8 Å². The predicted molar refractivity (Wildman–Crippen MR) is 106 cm³/mol. The minimum Gasteiger partial charge on any atom is -0.302 e. The molecule has 0 spiro atoms. The summed E-state index contributed by atoms with van der Waals surface area (Å²) in [4.78, 5) is 4.65. The lowest BCUT2D eigenvalue weighted by Gasteiger charge is -2.35. The van der Waals surface area contributed by atoms with Gasteiger partial charge in [0.1, 0.15) is 0 Å². The quantitative estimate of drug-likeness (QED) is 0.654. The first kappa shape index (κ1) is 17.6. The second-order valence-corrected chi connectivity index (χ2v) is 8.50. The summed E-state index contributed by atoms with van der Waals surface area (Å²) in [5, 5.41) is 2.15. The molecule has 0 aromatic heterocycles. The molecule has 0 aliphatic carbocycles. The van der Waals surface area contributed by atoms with E-state index >= 15 is 0 Å². The van der Waals surface area contributed by atoms with E-state index in [0.29, 0.717) is 10.0 Å². The molecule has 2 aromatic rings. The van der Waals surface area contributed by atoms with Crippen LogP contribution in [0.15, 0.2) is 24.3 Å². The zero-order chi connectivity index (χ0) is 17.7. The van der Waals surface area contributed by atoms with Crippen molar-refractivity contribution < 1.29 is 0 Å². The van der Waals surface area contributed by atoms with E-state index < -0.39 is 0 Å². The summed E-state index contributed by atoms with van der Waals surface area (Å²) < 4.78 is 0. The fraction of sp³-hybridized carbons (Fsp3) is 0.400. The van der Waals surface area contributed by atoms with Gasteiger partial charge in [-0.25, -0.2) is 0 Å². The molecule has 2 aliphatic rings. The van der Waals surface area contributed by atoms with Gasteiger partial charge < -0.3 is 9.80 Å². The summed E-state index contributed by atoms with van der Waals surface area (Å²) in [6.45, 7) is 3.82. The van der Waals surface area contributed by atoms with Crippen LogP contribution in [0.25, 0.3) is 0 Å². The van der Waals surface area contributed by atoms with Crippen molar-refractivity contribution in [2.24, 2.45) is 0 Å². The van der Waals surface area contributed by atoms with Gasteiger partial charge in [-0.05, 0) is 60.5 Å². The van der Waals surface area contributed by atoms with E-state index in [1.165, 1.54) is 22.3 Å². The Kier molecular flexibility index (Phi) is 4.76. The Morgan fingerprint density at radius 2 is 1.68 bits per heavy atom. The van der Waals surface area contributed by atoms with Gasteiger partial charge in [-0.2, -0.15) is 0 Å². The van der Waals surface area contributed by atoms with Crippen LogP contribution in [0.4, 0.5) is 0 Å². The van der Waals surface area contributed by atoms with Crippen molar-refractivity contribution in [3.8, 4) is 0 Å². The van der Waals surface area contributed by atoms with Gasteiger partial charge in [-0.1, -0.05) is 46.9 Å². The van der Waals surface area contributed by atoms with Crippen molar-refractivity contribution in [2.45, 2.75) is 25.4 Å². The highest BCUT2D eigenvalue weighted by Crippen LogP contribution is 2.42. The minimum atomic E-state index is 0.216. The molecule has 0 radical (unpaired) electrons. The Bertz CT molecular complexity index is 834. The molecule has 2 aliphatic heterocycles. The van der Waals surface area contributed by atoms with Crippen molar-refractivity contribution in [1.29, 1.82) is 0 Å². The maximum absolute atomic E-state index is 6.73. The molecule has 0 bridgehead atoms. The predicted octanol–water partition coefficient (Wildman–Crippen LogP) is 5.21. The second-order valence-electron chi connectivity index (χ2n) is 7.31. The van der Waals surface area contributed by atoms with E-state index in [-0.39, 0.29) is 5.92 Å². The molecular weight excluding hydrogens is 375 g/mol. The van der Waals surface area contributed by atoms with Gasteiger partial charge in [0.15, 0.2) is 0 Å². The molecule has 2 aromatic carbocycles. The molecule has 5 heteroatoms.